The van der Waals surface area contributed by atoms with Crippen LogP contribution in [0, 0.1) is 0 Å². The summed E-state index contributed by atoms with van der Waals surface area (Å²) in [6.07, 6.45) is 1.75. The van der Waals surface area contributed by atoms with Crippen molar-refractivity contribution < 1.29 is 4.74 Å². The molecule has 1 aromatic carbocycles. The van der Waals surface area contributed by atoms with E-state index in [-0.39, 0.29) is 0 Å². The molecule has 94 valence electrons. The van der Waals surface area contributed by atoms with Crippen molar-refractivity contribution in [3.63, 3.8) is 0 Å². The Bertz CT molecular complexity index is 548. The second-order valence-electron chi connectivity index (χ2n) is 3.75. The number of aromatic nitrogens is 1. The van der Waals surface area contributed by atoms with E-state index in [0.29, 0.717) is 19.0 Å². The molecule has 5 nitrogen and oxygen atoms in total. The predicted molar refractivity (Wildman–Crippen MR) is 72.3 cm³/mol. The number of benzene rings is 1. The van der Waals surface area contributed by atoms with E-state index < -0.39 is 0 Å². The Morgan fingerprint density at radius 2 is 2.22 bits per heavy atom. The number of methoxy groups -OCH3 is 1. The molecule has 0 saturated carbocycles. The van der Waals surface area contributed by atoms with Gasteiger partial charge in [-0.05, 0) is 11.5 Å². The maximum absolute atomic E-state index is 5.52. The SMILES string of the molecule is COCCN=C(NN)c1nccc2ccccc12. The van der Waals surface area contributed by atoms with Crippen LogP contribution < -0.4 is 11.3 Å². The standard InChI is InChI=1S/C13H16N4O/c1-18-9-8-16-13(17-14)12-11-5-3-2-4-10(11)6-7-15-12/h2-7H,8-9,14H2,1H3,(H,16,17). The minimum Gasteiger partial charge on any atom is -0.383 e. The summed E-state index contributed by atoms with van der Waals surface area (Å²) in [5, 5.41) is 2.13. The Labute approximate surface area is 106 Å². The predicted octanol–water partition coefficient (Wildman–Crippen LogP) is 1.09. The minimum absolute atomic E-state index is 0.543. The van der Waals surface area contributed by atoms with Crippen molar-refractivity contribution in [1.29, 1.82) is 0 Å². The lowest BCUT2D eigenvalue weighted by Crippen LogP contribution is -2.32. The van der Waals surface area contributed by atoms with Gasteiger partial charge in [0.2, 0.25) is 0 Å². The van der Waals surface area contributed by atoms with E-state index in [1.54, 1.807) is 13.3 Å². The summed E-state index contributed by atoms with van der Waals surface area (Å²) in [5.74, 6) is 6.09. The highest BCUT2D eigenvalue weighted by Crippen LogP contribution is 2.16. The third kappa shape index (κ3) is 2.64. The molecule has 0 atom stereocenters. The fourth-order valence-corrected chi connectivity index (χ4v) is 1.75. The van der Waals surface area contributed by atoms with Gasteiger partial charge in [-0.15, -0.1) is 0 Å². The highest BCUT2D eigenvalue weighted by molar-refractivity contribution is 6.07. The Hall–Kier alpha value is -1.98. The lowest BCUT2D eigenvalue weighted by atomic mass is 10.1. The fourth-order valence-electron chi connectivity index (χ4n) is 1.75. The average molecular weight is 244 g/mol. The molecule has 0 spiro atoms. The molecule has 5 heteroatoms. The topological polar surface area (TPSA) is 72.5 Å². The number of aliphatic imine (C=N–C) groups is 1. The van der Waals surface area contributed by atoms with Gasteiger partial charge < -0.3 is 10.2 Å². The Morgan fingerprint density at radius 3 is 3.00 bits per heavy atom. The van der Waals surface area contributed by atoms with Gasteiger partial charge in [0.05, 0.1) is 13.2 Å². The van der Waals surface area contributed by atoms with Gasteiger partial charge in [0, 0.05) is 18.7 Å². The number of nitrogens with two attached hydrogens (primary N) is 1. The maximum Gasteiger partial charge on any atom is 0.162 e. The zero-order valence-electron chi connectivity index (χ0n) is 10.3. The van der Waals surface area contributed by atoms with E-state index in [4.69, 9.17) is 10.6 Å². The van der Waals surface area contributed by atoms with Crippen molar-refractivity contribution in [3.05, 3.63) is 42.2 Å². The van der Waals surface area contributed by atoms with Gasteiger partial charge in [-0.3, -0.25) is 9.98 Å². The lowest BCUT2D eigenvalue weighted by Gasteiger charge is -2.08. The molecule has 1 heterocycles. The number of hydrazine groups is 1. The smallest absolute Gasteiger partial charge is 0.162 e. The quantitative estimate of drug-likeness (QED) is 0.278. The summed E-state index contributed by atoms with van der Waals surface area (Å²) >= 11 is 0. The number of hydrogen-bond acceptors (Lipinski definition) is 4. The molecule has 0 saturated heterocycles. The van der Waals surface area contributed by atoms with E-state index in [1.165, 1.54) is 0 Å². The molecule has 0 unspecified atom stereocenters. The molecule has 0 radical (unpaired) electrons. The van der Waals surface area contributed by atoms with Crippen LogP contribution in [-0.4, -0.2) is 31.1 Å². The summed E-state index contributed by atoms with van der Waals surface area (Å²) < 4.78 is 4.96. The zero-order chi connectivity index (χ0) is 12.8. The van der Waals surface area contributed by atoms with E-state index in [0.717, 1.165) is 16.5 Å². The van der Waals surface area contributed by atoms with Gasteiger partial charge in [-0.2, -0.15) is 0 Å². The average Bonchev–Trinajstić information content (AvgIpc) is 2.43. The maximum atomic E-state index is 5.52. The van der Waals surface area contributed by atoms with E-state index in [9.17, 15) is 0 Å². The zero-order valence-corrected chi connectivity index (χ0v) is 10.3. The van der Waals surface area contributed by atoms with Crippen LogP contribution in [0.1, 0.15) is 5.69 Å². The number of amidine groups is 1. The first kappa shape index (κ1) is 12.5. The van der Waals surface area contributed by atoms with Crippen LogP contribution in [0.4, 0.5) is 0 Å². The number of fused-ring (bicyclic) bond motifs is 1. The molecule has 2 aromatic rings. The molecule has 0 aliphatic rings. The van der Waals surface area contributed by atoms with Crippen LogP contribution in [-0.2, 0) is 4.74 Å². The van der Waals surface area contributed by atoms with Gasteiger partial charge in [0.25, 0.3) is 0 Å². The van der Waals surface area contributed by atoms with Gasteiger partial charge in [-0.1, -0.05) is 24.3 Å². The molecule has 1 aromatic heterocycles. The number of pyridine rings is 1. The first-order chi connectivity index (χ1) is 8.86. The van der Waals surface area contributed by atoms with E-state index in [1.807, 2.05) is 30.3 Å². The Morgan fingerprint density at radius 1 is 1.39 bits per heavy atom. The largest absolute Gasteiger partial charge is 0.383 e. The molecule has 3 N–H and O–H groups in total. The first-order valence-corrected chi connectivity index (χ1v) is 5.71. The normalized spacial score (nSPS) is 11.8. The molecule has 0 fully saturated rings. The van der Waals surface area contributed by atoms with Gasteiger partial charge >= 0.3 is 0 Å². The van der Waals surface area contributed by atoms with Crippen LogP contribution in [0.25, 0.3) is 10.8 Å². The first-order valence-electron chi connectivity index (χ1n) is 5.71. The number of rotatable bonds is 4. The van der Waals surface area contributed by atoms with Crippen LogP contribution in [0.5, 0.6) is 0 Å². The van der Waals surface area contributed by atoms with Gasteiger partial charge in [0.1, 0.15) is 5.69 Å². The fraction of sp³-hybridized carbons (Fsp3) is 0.231. The third-order valence-corrected chi connectivity index (χ3v) is 2.60. The van der Waals surface area contributed by atoms with Crippen molar-refractivity contribution in [3.8, 4) is 0 Å². The number of ether oxygens (including phenoxy) is 1. The molecule has 2 rings (SSSR count). The Balaban J connectivity index is 2.42. The van der Waals surface area contributed by atoms with E-state index >= 15 is 0 Å². The Kier molecular flexibility index (Phi) is 4.22. The van der Waals surface area contributed by atoms with Crippen molar-refractivity contribution in [2.45, 2.75) is 0 Å². The van der Waals surface area contributed by atoms with Crippen LogP contribution in [0.15, 0.2) is 41.5 Å². The number of nitrogens with zero attached hydrogens (tertiary/aromatic N) is 2. The molecule has 0 amide bonds. The van der Waals surface area contributed by atoms with Crippen LogP contribution in [0.3, 0.4) is 0 Å². The summed E-state index contributed by atoms with van der Waals surface area (Å²) in [4.78, 5) is 8.69. The molecule has 18 heavy (non-hydrogen) atoms. The number of hydrogen-bond donors (Lipinski definition) is 2. The van der Waals surface area contributed by atoms with Crippen molar-refractivity contribution in [2.24, 2.45) is 10.8 Å². The molecular weight excluding hydrogens is 228 g/mol. The minimum atomic E-state index is 0.543. The summed E-state index contributed by atoms with van der Waals surface area (Å²) in [6, 6.07) is 9.95. The summed E-state index contributed by atoms with van der Waals surface area (Å²) in [6.45, 7) is 1.09. The van der Waals surface area contributed by atoms with Crippen molar-refractivity contribution in [2.75, 3.05) is 20.3 Å². The van der Waals surface area contributed by atoms with Crippen molar-refractivity contribution in [1.82, 2.24) is 10.4 Å². The summed E-state index contributed by atoms with van der Waals surface area (Å²) in [7, 11) is 1.64. The highest BCUT2D eigenvalue weighted by atomic mass is 16.5. The third-order valence-electron chi connectivity index (χ3n) is 2.60. The second-order valence-corrected chi connectivity index (χ2v) is 3.75. The number of nitrogens with one attached hydrogen (secondary N) is 1. The summed E-state index contributed by atoms with van der Waals surface area (Å²) in [5.41, 5.74) is 3.36. The molecule has 0 bridgehead atoms. The second kappa shape index (κ2) is 6.09. The van der Waals surface area contributed by atoms with Crippen molar-refractivity contribution >= 4 is 16.6 Å². The monoisotopic (exact) mass is 244 g/mol. The van der Waals surface area contributed by atoms with Gasteiger partial charge in [-0.25, -0.2) is 5.84 Å². The van der Waals surface area contributed by atoms with E-state index in [2.05, 4.69) is 15.4 Å². The molecule has 0 aliphatic carbocycles. The van der Waals surface area contributed by atoms with Gasteiger partial charge in [0.15, 0.2) is 5.84 Å². The lowest BCUT2D eigenvalue weighted by molar-refractivity contribution is 0.208. The molecular formula is C13H16N4O. The molecule has 0 aliphatic heterocycles. The highest BCUT2D eigenvalue weighted by Gasteiger charge is 2.07. The van der Waals surface area contributed by atoms with Crippen LogP contribution >= 0.6 is 0 Å². The van der Waals surface area contributed by atoms with Crippen LogP contribution in [0.2, 0.25) is 0 Å².